The molecule has 2 aromatic carbocycles. The van der Waals surface area contributed by atoms with Crippen molar-refractivity contribution in [1.29, 1.82) is 0 Å². The van der Waals surface area contributed by atoms with Crippen LogP contribution >= 0.6 is 0 Å². The number of fused-ring (bicyclic) bond motifs is 2. The molecule has 66 heavy (non-hydrogen) atoms. The average Bonchev–Trinajstić information content (AvgIpc) is 3.97. The van der Waals surface area contributed by atoms with Gasteiger partial charge < -0.3 is 54.9 Å². The largest absolute Gasteiger partial charge is 0.495 e. The summed E-state index contributed by atoms with van der Waals surface area (Å²) in [5.41, 5.74) is 3.29. The Morgan fingerprint density at radius 2 is 1.65 bits per heavy atom. The highest BCUT2D eigenvalue weighted by molar-refractivity contribution is 6.07. The number of imide groups is 1. The van der Waals surface area contributed by atoms with Crippen LogP contribution < -0.4 is 41.1 Å². The number of ether oxygens (including phenoxy) is 4. The summed E-state index contributed by atoms with van der Waals surface area (Å²) in [6.45, 7) is 5.79. The van der Waals surface area contributed by atoms with E-state index in [1.54, 1.807) is 54.5 Å². The second kappa shape index (κ2) is 22.8. The molecule has 3 aliphatic heterocycles. The lowest BCUT2D eigenvalue weighted by Crippen LogP contribution is -2.55. The van der Waals surface area contributed by atoms with Crippen molar-refractivity contribution in [3.63, 3.8) is 0 Å². The summed E-state index contributed by atoms with van der Waals surface area (Å²) >= 11 is 0. The summed E-state index contributed by atoms with van der Waals surface area (Å²) in [6, 6.07) is 9.45. The first-order chi connectivity index (χ1) is 32.1. The van der Waals surface area contributed by atoms with Gasteiger partial charge in [-0.25, -0.2) is 4.98 Å². The van der Waals surface area contributed by atoms with Crippen LogP contribution in [0.1, 0.15) is 84.6 Å². The minimum absolute atomic E-state index is 0.0560. The lowest BCUT2D eigenvalue weighted by atomic mass is 10.0. The molecule has 1 unspecified atom stereocenters. The van der Waals surface area contributed by atoms with Crippen molar-refractivity contribution in [1.82, 2.24) is 30.8 Å². The van der Waals surface area contributed by atoms with Crippen molar-refractivity contribution in [3.8, 4) is 5.75 Å². The number of likely N-dealkylation sites (N-methyl/N-ethyl adjacent to an activating group) is 1. The first-order valence-electron chi connectivity index (χ1n) is 22.7. The number of nitrogens with one attached hydrogen (secondary N) is 5. The van der Waals surface area contributed by atoms with Crippen LogP contribution in [-0.4, -0.2) is 142 Å². The fourth-order valence-electron chi connectivity index (χ4n) is 8.76. The molecule has 1 aromatic heterocycles. The minimum atomic E-state index is -0.733. The van der Waals surface area contributed by atoms with Gasteiger partial charge in [0.2, 0.25) is 29.6 Å². The first-order valence-corrected chi connectivity index (χ1v) is 22.7. The van der Waals surface area contributed by atoms with Gasteiger partial charge in [0, 0.05) is 68.1 Å². The lowest BCUT2D eigenvalue weighted by Gasteiger charge is -2.43. The van der Waals surface area contributed by atoms with Gasteiger partial charge in [0.25, 0.3) is 11.8 Å². The van der Waals surface area contributed by atoms with Gasteiger partial charge in [-0.2, -0.15) is 4.98 Å². The van der Waals surface area contributed by atoms with E-state index >= 15 is 0 Å². The Labute approximate surface area is 383 Å². The topological polar surface area (TPSA) is 235 Å². The summed E-state index contributed by atoms with van der Waals surface area (Å²) in [4.78, 5) is 90.6. The molecule has 4 heterocycles. The first kappa shape index (κ1) is 47.7. The summed E-state index contributed by atoms with van der Waals surface area (Å²) in [7, 11) is 3.31. The van der Waals surface area contributed by atoms with Crippen molar-refractivity contribution >= 4 is 64.3 Å². The monoisotopic (exact) mass is 912 g/mol. The van der Waals surface area contributed by atoms with E-state index in [2.05, 4.69) is 36.5 Å². The molecule has 0 spiro atoms. The number of methoxy groups -OCH3 is 1. The molecule has 1 saturated carbocycles. The zero-order valence-corrected chi connectivity index (χ0v) is 37.8. The van der Waals surface area contributed by atoms with Crippen molar-refractivity contribution in [2.24, 2.45) is 0 Å². The number of carbonyl (C=O) groups is 6. The summed E-state index contributed by atoms with van der Waals surface area (Å²) in [6.07, 6.45) is 7.21. The Balaban J connectivity index is 0.725. The molecule has 1 aliphatic carbocycles. The Morgan fingerprint density at radius 3 is 2.39 bits per heavy atom. The number of carbonyl (C=O) groups excluding carboxylic acids is 6. The van der Waals surface area contributed by atoms with E-state index in [-0.39, 0.29) is 74.0 Å². The van der Waals surface area contributed by atoms with E-state index in [9.17, 15) is 28.8 Å². The van der Waals surface area contributed by atoms with Crippen LogP contribution in [0.3, 0.4) is 0 Å². The molecule has 1 saturated heterocycles. The van der Waals surface area contributed by atoms with Gasteiger partial charge >= 0.3 is 0 Å². The molecule has 3 aromatic rings. The molecular formula is C46H60N10O10. The van der Waals surface area contributed by atoms with Gasteiger partial charge in [-0.15, -0.1) is 0 Å². The van der Waals surface area contributed by atoms with Crippen LogP contribution in [0.2, 0.25) is 0 Å². The van der Waals surface area contributed by atoms with E-state index < -0.39 is 11.9 Å². The normalized spacial score (nSPS) is 18.3. The van der Waals surface area contributed by atoms with Gasteiger partial charge in [0.15, 0.2) is 5.82 Å². The number of rotatable bonds is 23. The van der Waals surface area contributed by atoms with Crippen LogP contribution in [0.25, 0.3) is 0 Å². The molecule has 354 valence electrons. The molecule has 20 heteroatoms. The number of anilines is 5. The highest BCUT2D eigenvalue weighted by Crippen LogP contribution is 2.40. The quantitative estimate of drug-likeness (QED) is 0.0680. The van der Waals surface area contributed by atoms with Crippen molar-refractivity contribution < 1.29 is 47.7 Å². The fraction of sp³-hybridized carbons (Fsp3) is 0.522. The number of benzene rings is 2. The highest BCUT2D eigenvalue weighted by Gasteiger charge is 2.42. The summed E-state index contributed by atoms with van der Waals surface area (Å²) in [5.74, 6) is -0.0324. The van der Waals surface area contributed by atoms with E-state index in [1.165, 1.54) is 12.0 Å². The molecule has 5 N–H and O–H groups in total. The van der Waals surface area contributed by atoms with Crippen molar-refractivity contribution in [2.45, 2.75) is 83.0 Å². The SMILES string of the molecule is CC[C@@H]1C(=O)N(C)c2cnc(Nc3ccc(C(=O)NCCNCCOCCOCCOCCC(=O)Nc4cccc5c4CN(C4CCC(=O)NC4=O)C5=O)cc3OC)nc2N1C1CCCC1. The van der Waals surface area contributed by atoms with Crippen molar-refractivity contribution in [2.75, 3.05) is 93.9 Å². The Hall–Kier alpha value is -6.22. The smallest absolute Gasteiger partial charge is 0.255 e. The molecule has 0 bridgehead atoms. The number of piperidine rings is 1. The maximum atomic E-state index is 13.2. The number of nitrogens with zero attached hydrogens (tertiary/aromatic N) is 5. The zero-order valence-electron chi connectivity index (χ0n) is 37.8. The van der Waals surface area contributed by atoms with Gasteiger partial charge in [0.1, 0.15) is 23.5 Å². The lowest BCUT2D eigenvalue weighted by molar-refractivity contribution is -0.137. The molecule has 2 fully saturated rings. The van der Waals surface area contributed by atoms with Gasteiger partial charge in [0.05, 0.1) is 65.1 Å². The third-order valence-electron chi connectivity index (χ3n) is 12.2. The zero-order chi connectivity index (χ0) is 46.6. The second-order valence-corrected chi connectivity index (χ2v) is 16.5. The number of hydrogen-bond donors (Lipinski definition) is 5. The van der Waals surface area contributed by atoms with Crippen LogP contribution in [0, 0.1) is 0 Å². The van der Waals surface area contributed by atoms with Gasteiger partial charge in [-0.05, 0) is 56.0 Å². The molecule has 7 rings (SSSR count). The Kier molecular flexibility index (Phi) is 16.5. The van der Waals surface area contributed by atoms with Crippen LogP contribution in [-0.2, 0) is 39.9 Å². The summed E-state index contributed by atoms with van der Waals surface area (Å²) in [5, 5.41) is 14.6. The number of amides is 6. The number of hydrogen-bond acceptors (Lipinski definition) is 15. The highest BCUT2D eigenvalue weighted by atomic mass is 16.5. The average molecular weight is 913 g/mol. The number of aromatic nitrogens is 2. The third-order valence-corrected chi connectivity index (χ3v) is 12.2. The predicted octanol–water partition coefficient (Wildman–Crippen LogP) is 2.89. The van der Waals surface area contributed by atoms with Crippen molar-refractivity contribution in [3.05, 3.63) is 59.3 Å². The Bertz CT molecular complexity index is 2250. The molecule has 20 nitrogen and oxygen atoms in total. The standard InChI is InChI=1S/C46H60N10O10/c1-4-35-45(62)54(2)37-27-49-46(53-41(37)56(35)30-8-5-6-9-30)51-34-13-12-29(26-38(34)63-3)42(59)48-18-17-47-19-21-65-23-25-66-24-22-64-20-16-40(58)50-33-11-7-10-31-32(33)28-55(44(31)61)36-14-15-39(57)52-43(36)60/h7,10-13,26-27,30,35-36,47H,4-6,8-9,14-25,28H2,1-3H3,(H,48,59)(H,50,58)(H,49,51,53)(H,52,57,60)/t35-,36?/m1/s1. The van der Waals surface area contributed by atoms with E-state index in [0.717, 1.165) is 31.5 Å². The molecule has 4 aliphatic rings. The molecule has 0 radical (unpaired) electrons. The Morgan fingerprint density at radius 1 is 0.894 bits per heavy atom. The van der Waals surface area contributed by atoms with E-state index in [0.29, 0.717) is 105 Å². The van der Waals surface area contributed by atoms with Gasteiger partial charge in [-0.1, -0.05) is 25.8 Å². The van der Waals surface area contributed by atoms with Crippen LogP contribution in [0.4, 0.5) is 28.8 Å². The minimum Gasteiger partial charge on any atom is -0.495 e. The predicted molar refractivity (Wildman–Crippen MR) is 244 cm³/mol. The summed E-state index contributed by atoms with van der Waals surface area (Å²) < 4.78 is 22.4. The molecular weight excluding hydrogens is 853 g/mol. The van der Waals surface area contributed by atoms with Gasteiger partial charge in [-0.3, -0.25) is 34.1 Å². The maximum absolute atomic E-state index is 13.2. The molecule has 6 amide bonds. The molecule has 2 atom stereocenters. The van der Waals surface area contributed by atoms with Crippen LogP contribution in [0.15, 0.2) is 42.6 Å². The third kappa shape index (κ3) is 11.4. The second-order valence-electron chi connectivity index (χ2n) is 16.5. The fourth-order valence-corrected chi connectivity index (χ4v) is 8.76. The maximum Gasteiger partial charge on any atom is 0.255 e. The van der Waals surface area contributed by atoms with E-state index in [4.69, 9.17) is 23.9 Å². The van der Waals surface area contributed by atoms with E-state index in [1.807, 2.05) is 6.92 Å². The van der Waals surface area contributed by atoms with Crippen LogP contribution in [0.5, 0.6) is 5.75 Å².